The molecule has 0 unspecified atom stereocenters. The Balaban J connectivity index is 2.25. The molecule has 1 aliphatic heterocycles. The van der Waals surface area contributed by atoms with Crippen LogP contribution in [0.1, 0.15) is 42.5 Å². The lowest BCUT2D eigenvalue weighted by Crippen LogP contribution is -2.21. The molecule has 1 aromatic heterocycles. The Morgan fingerprint density at radius 3 is 2.46 bits per heavy atom. The summed E-state index contributed by atoms with van der Waals surface area (Å²) in [7, 11) is 4.68. The van der Waals surface area contributed by atoms with Crippen molar-refractivity contribution in [3.05, 3.63) is 40.4 Å². The average Bonchev–Trinajstić information content (AvgIpc) is 3.12. The summed E-state index contributed by atoms with van der Waals surface area (Å²) in [6.07, 6.45) is 2.79. The molecule has 2 heterocycles. The summed E-state index contributed by atoms with van der Waals surface area (Å²) in [4.78, 5) is 0. The first-order valence-corrected chi connectivity index (χ1v) is 9.04. The van der Waals surface area contributed by atoms with Gasteiger partial charge in [0, 0.05) is 17.3 Å². The number of fused-ring (bicyclic) bond motifs is 1. The molecule has 3 rings (SSSR count). The number of ether oxygens (including phenoxy) is 4. The van der Waals surface area contributed by atoms with Gasteiger partial charge in [0.25, 0.3) is 0 Å². The second-order valence-electron chi connectivity index (χ2n) is 6.40. The number of aryl methyl sites for hydroxylation is 1. The molecule has 8 nitrogen and oxygen atoms in total. The fourth-order valence-electron chi connectivity index (χ4n) is 3.44. The monoisotopic (exact) mass is 384 g/mol. The summed E-state index contributed by atoms with van der Waals surface area (Å²) in [5.74, 6) is 1.53. The van der Waals surface area contributed by atoms with E-state index >= 15 is 0 Å². The van der Waals surface area contributed by atoms with Crippen LogP contribution in [0.15, 0.2) is 23.6 Å². The van der Waals surface area contributed by atoms with Gasteiger partial charge in [0.2, 0.25) is 11.8 Å². The topological polar surface area (TPSA) is 115 Å². The van der Waals surface area contributed by atoms with Gasteiger partial charge in [0.15, 0.2) is 11.5 Å². The zero-order valence-corrected chi connectivity index (χ0v) is 16.5. The van der Waals surface area contributed by atoms with E-state index in [1.165, 1.54) is 0 Å². The van der Waals surface area contributed by atoms with E-state index in [1.54, 1.807) is 33.5 Å². The molecule has 1 aliphatic rings. The highest BCUT2D eigenvalue weighted by Gasteiger charge is 2.37. The number of benzene rings is 1. The van der Waals surface area contributed by atoms with Crippen LogP contribution >= 0.6 is 0 Å². The minimum Gasteiger partial charge on any atom is -0.496 e. The largest absolute Gasteiger partial charge is 0.496 e. The van der Waals surface area contributed by atoms with E-state index in [1.807, 2.05) is 0 Å². The molecular formula is C20H24N4O4. The molecule has 0 aliphatic carbocycles. The predicted octanol–water partition coefficient (Wildman–Crippen LogP) is 3.00. The van der Waals surface area contributed by atoms with Crippen molar-refractivity contribution < 1.29 is 18.9 Å². The first-order valence-electron chi connectivity index (χ1n) is 9.04. The molecule has 3 N–H and O–H groups in total. The van der Waals surface area contributed by atoms with Crippen LogP contribution in [0.4, 0.5) is 0 Å². The normalized spacial score (nSPS) is 15.5. The number of aromatic amines is 1. The lowest BCUT2D eigenvalue weighted by atomic mass is 9.82. The van der Waals surface area contributed by atoms with Crippen molar-refractivity contribution in [1.82, 2.24) is 10.2 Å². The molecule has 0 radical (unpaired) electrons. The number of aromatic nitrogens is 2. The van der Waals surface area contributed by atoms with Crippen molar-refractivity contribution in [3.8, 4) is 29.2 Å². The van der Waals surface area contributed by atoms with E-state index in [4.69, 9.17) is 24.7 Å². The molecule has 28 heavy (non-hydrogen) atoms. The molecule has 8 heteroatoms. The Morgan fingerprint density at radius 1 is 1.18 bits per heavy atom. The Kier molecular flexibility index (Phi) is 5.64. The molecular weight excluding hydrogens is 360 g/mol. The lowest BCUT2D eigenvalue weighted by molar-refractivity contribution is 0.346. The summed E-state index contributed by atoms with van der Waals surface area (Å²) in [6, 6.07) is 5.73. The van der Waals surface area contributed by atoms with Crippen LogP contribution in [0, 0.1) is 11.3 Å². The number of rotatable bonds is 7. The van der Waals surface area contributed by atoms with Gasteiger partial charge in [-0.25, -0.2) is 0 Å². The van der Waals surface area contributed by atoms with Crippen molar-refractivity contribution >= 4 is 0 Å². The van der Waals surface area contributed by atoms with Gasteiger partial charge in [0.05, 0.1) is 32.8 Å². The van der Waals surface area contributed by atoms with Crippen LogP contribution in [0.5, 0.6) is 23.1 Å². The number of hydrogen-bond donors (Lipinski definition) is 2. The van der Waals surface area contributed by atoms with Crippen LogP contribution in [-0.2, 0) is 6.42 Å². The Morgan fingerprint density at radius 2 is 1.86 bits per heavy atom. The molecule has 148 valence electrons. The summed E-state index contributed by atoms with van der Waals surface area (Å²) >= 11 is 0. The molecule has 0 amide bonds. The van der Waals surface area contributed by atoms with Gasteiger partial charge in [-0.1, -0.05) is 13.3 Å². The number of unbranched alkanes of at least 4 members (excludes halogenated alkanes) is 1. The molecule has 0 spiro atoms. The number of methoxy groups -OCH3 is 3. The minimum absolute atomic E-state index is 0.0328. The average molecular weight is 384 g/mol. The van der Waals surface area contributed by atoms with Crippen molar-refractivity contribution in [2.45, 2.75) is 32.1 Å². The fourth-order valence-corrected chi connectivity index (χ4v) is 3.44. The summed E-state index contributed by atoms with van der Waals surface area (Å²) in [5.41, 5.74) is 8.78. The Hall–Kier alpha value is -3.34. The quantitative estimate of drug-likeness (QED) is 0.754. The summed E-state index contributed by atoms with van der Waals surface area (Å²) in [5, 5.41) is 17.1. The maximum atomic E-state index is 9.82. The van der Waals surface area contributed by atoms with Gasteiger partial charge in [0.1, 0.15) is 17.4 Å². The van der Waals surface area contributed by atoms with E-state index < -0.39 is 5.92 Å². The van der Waals surface area contributed by atoms with E-state index in [-0.39, 0.29) is 5.88 Å². The number of hydrogen-bond acceptors (Lipinski definition) is 7. The van der Waals surface area contributed by atoms with E-state index in [9.17, 15) is 5.26 Å². The van der Waals surface area contributed by atoms with E-state index in [0.29, 0.717) is 28.7 Å². The Bertz CT molecular complexity index is 942. The van der Waals surface area contributed by atoms with Crippen LogP contribution in [0.2, 0.25) is 0 Å². The number of allylic oxidation sites excluding steroid dienone is 1. The standard InChI is InChI=1S/C20H24N4O4/c1-5-6-7-13-18-17(12(10-21)19(22)28-20(18)24-23-13)11-8-15(26-3)16(27-4)9-14(11)25-2/h8-9,17H,5-7,22H2,1-4H3,(H,23,24)/t17-/m0/s1. The molecule has 1 atom stereocenters. The van der Waals surface area contributed by atoms with E-state index in [2.05, 4.69) is 23.2 Å². The third-order valence-electron chi connectivity index (χ3n) is 4.85. The molecule has 0 fully saturated rings. The van der Waals surface area contributed by atoms with Crippen LogP contribution < -0.4 is 24.7 Å². The second-order valence-corrected chi connectivity index (χ2v) is 6.40. The maximum Gasteiger partial charge on any atom is 0.244 e. The fraction of sp³-hybridized carbons (Fsp3) is 0.400. The van der Waals surface area contributed by atoms with Gasteiger partial charge in [-0.3, -0.25) is 5.10 Å². The molecule has 2 aromatic rings. The van der Waals surface area contributed by atoms with Crippen molar-refractivity contribution in [3.63, 3.8) is 0 Å². The van der Waals surface area contributed by atoms with Crippen LogP contribution in [-0.4, -0.2) is 31.5 Å². The van der Waals surface area contributed by atoms with Gasteiger partial charge >= 0.3 is 0 Å². The molecule has 0 saturated carbocycles. The van der Waals surface area contributed by atoms with Crippen LogP contribution in [0.3, 0.4) is 0 Å². The molecule has 0 saturated heterocycles. The van der Waals surface area contributed by atoms with Crippen molar-refractivity contribution in [1.29, 1.82) is 5.26 Å². The highest BCUT2D eigenvalue weighted by atomic mass is 16.5. The van der Waals surface area contributed by atoms with Gasteiger partial charge in [-0.15, -0.1) is 5.10 Å². The van der Waals surface area contributed by atoms with Crippen molar-refractivity contribution in [2.75, 3.05) is 21.3 Å². The summed E-state index contributed by atoms with van der Waals surface area (Å²) in [6.45, 7) is 2.12. The molecule has 1 aromatic carbocycles. The first kappa shape index (κ1) is 19.4. The van der Waals surface area contributed by atoms with Gasteiger partial charge in [-0.05, 0) is 18.9 Å². The maximum absolute atomic E-state index is 9.82. The third kappa shape index (κ3) is 3.20. The van der Waals surface area contributed by atoms with Gasteiger partial charge in [-0.2, -0.15) is 5.26 Å². The second kappa shape index (κ2) is 8.13. The SMILES string of the molecule is CCCCc1[nH]nc2c1[C@@H](c1cc(OC)c(OC)cc1OC)C(C#N)=C(N)O2. The van der Waals surface area contributed by atoms with Gasteiger partial charge < -0.3 is 24.7 Å². The summed E-state index contributed by atoms with van der Waals surface area (Å²) < 4.78 is 22.1. The number of nitriles is 1. The predicted molar refractivity (Wildman–Crippen MR) is 103 cm³/mol. The number of nitrogens with two attached hydrogens (primary N) is 1. The zero-order valence-electron chi connectivity index (χ0n) is 16.5. The van der Waals surface area contributed by atoms with Crippen molar-refractivity contribution in [2.24, 2.45) is 5.73 Å². The smallest absolute Gasteiger partial charge is 0.244 e. The number of nitrogens with zero attached hydrogens (tertiary/aromatic N) is 2. The number of H-pyrrole nitrogens is 1. The molecule has 0 bridgehead atoms. The highest BCUT2D eigenvalue weighted by Crippen LogP contribution is 2.48. The lowest BCUT2D eigenvalue weighted by Gasteiger charge is -2.26. The zero-order chi connectivity index (χ0) is 20.3. The Labute approximate surface area is 163 Å². The third-order valence-corrected chi connectivity index (χ3v) is 4.85. The number of nitrogens with one attached hydrogen (secondary N) is 1. The van der Waals surface area contributed by atoms with E-state index in [0.717, 1.165) is 36.1 Å². The highest BCUT2D eigenvalue weighted by molar-refractivity contribution is 5.61. The first-order chi connectivity index (χ1) is 13.6. The minimum atomic E-state index is -0.492. The van der Waals surface area contributed by atoms with Crippen LogP contribution in [0.25, 0.3) is 0 Å².